The minimum Gasteiger partial charge on any atom is -0.463 e. The fourth-order valence-electron chi connectivity index (χ4n) is 0.366. The van der Waals surface area contributed by atoms with E-state index in [1.165, 1.54) is 6.08 Å². The van der Waals surface area contributed by atoms with Gasteiger partial charge in [0, 0.05) is 6.08 Å². The molecule has 2 nitrogen and oxygen atoms in total. The molecule has 0 heterocycles. The summed E-state index contributed by atoms with van der Waals surface area (Å²) in [6, 6.07) is 0. The monoisotopic (exact) mass is 204 g/mol. The Morgan fingerprint density at radius 3 is 2.80 bits per heavy atom. The number of esters is 1. The van der Waals surface area contributed by atoms with Crippen molar-refractivity contribution < 1.29 is 9.53 Å². The number of halogens is 1. The Kier molecular flexibility index (Phi) is 6.18. The number of rotatable bonds is 3. The molecule has 0 bridgehead atoms. The van der Waals surface area contributed by atoms with Gasteiger partial charge in [0.2, 0.25) is 0 Å². The Bertz CT molecular complexity index is 150. The Hall–Kier alpha value is -0.570. The third kappa shape index (κ3) is 5.56. The van der Waals surface area contributed by atoms with Crippen molar-refractivity contribution in [2.45, 2.75) is 6.92 Å². The van der Waals surface area contributed by atoms with E-state index in [-0.39, 0.29) is 5.97 Å². The minimum absolute atomic E-state index is 0.312. The van der Waals surface area contributed by atoms with Gasteiger partial charge in [-0.1, -0.05) is 28.1 Å². The van der Waals surface area contributed by atoms with Gasteiger partial charge < -0.3 is 4.74 Å². The van der Waals surface area contributed by atoms with Crippen molar-refractivity contribution in [3.05, 3.63) is 23.2 Å². The molecule has 0 N–H and O–H groups in total. The van der Waals surface area contributed by atoms with E-state index in [4.69, 9.17) is 0 Å². The lowest BCUT2D eigenvalue weighted by atomic mass is 10.5. The van der Waals surface area contributed by atoms with Gasteiger partial charge in [0.05, 0.1) is 6.61 Å². The van der Waals surface area contributed by atoms with E-state index in [0.717, 1.165) is 0 Å². The molecule has 3 heteroatoms. The van der Waals surface area contributed by atoms with Crippen LogP contribution in [0.3, 0.4) is 0 Å². The molecule has 0 aliphatic rings. The molecule has 0 spiro atoms. The summed E-state index contributed by atoms with van der Waals surface area (Å²) in [6.45, 7) is 2.19. The number of allylic oxidation sites excluding steroid dienone is 2. The fraction of sp³-hybridized carbons (Fsp3) is 0.286. The number of hydrogen-bond acceptors (Lipinski definition) is 2. The summed E-state index contributed by atoms with van der Waals surface area (Å²) >= 11 is 3.05. The van der Waals surface area contributed by atoms with Crippen LogP contribution in [0, 0.1) is 0 Å². The topological polar surface area (TPSA) is 26.3 Å². The second-order valence-electron chi connectivity index (χ2n) is 1.43. The van der Waals surface area contributed by atoms with Gasteiger partial charge in [-0.15, -0.1) is 0 Å². The third-order valence-corrected chi connectivity index (χ3v) is 1.01. The highest BCUT2D eigenvalue weighted by molar-refractivity contribution is 9.11. The van der Waals surface area contributed by atoms with Crippen molar-refractivity contribution in [1.29, 1.82) is 0 Å². The van der Waals surface area contributed by atoms with Gasteiger partial charge in [-0.3, -0.25) is 0 Å². The second kappa shape index (κ2) is 6.55. The van der Waals surface area contributed by atoms with Crippen molar-refractivity contribution in [3.63, 3.8) is 0 Å². The number of hydrogen-bond donors (Lipinski definition) is 0. The van der Waals surface area contributed by atoms with Crippen LogP contribution in [0.1, 0.15) is 6.92 Å². The average molecular weight is 205 g/mol. The summed E-state index contributed by atoms with van der Waals surface area (Å²) < 4.78 is 4.61. The van der Waals surface area contributed by atoms with E-state index in [1.807, 2.05) is 0 Å². The van der Waals surface area contributed by atoms with E-state index >= 15 is 0 Å². The predicted octanol–water partition coefficient (Wildman–Crippen LogP) is 2.01. The second-order valence-corrected chi connectivity index (χ2v) is 1.96. The SMILES string of the molecule is CCOC(=O)C=CC=CBr. The van der Waals surface area contributed by atoms with Crippen LogP contribution in [0.25, 0.3) is 0 Å². The largest absolute Gasteiger partial charge is 0.463 e. The zero-order chi connectivity index (χ0) is 7.82. The molecular weight excluding hydrogens is 196 g/mol. The Balaban J connectivity index is 3.56. The van der Waals surface area contributed by atoms with Crippen molar-refractivity contribution in [2.75, 3.05) is 6.61 Å². The molecule has 0 aromatic rings. The lowest BCUT2D eigenvalue weighted by molar-refractivity contribution is -0.137. The smallest absolute Gasteiger partial charge is 0.330 e. The van der Waals surface area contributed by atoms with Gasteiger partial charge >= 0.3 is 5.97 Å². The fourth-order valence-corrected chi connectivity index (χ4v) is 0.543. The molecule has 0 amide bonds. The first kappa shape index (κ1) is 9.43. The van der Waals surface area contributed by atoms with Crippen molar-refractivity contribution in [1.82, 2.24) is 0 Å². The van der Waals surface area contributed by atoms with Gasteiger partial charge in [-0.2, -0.15) is 0 Å². The zero-order valence-electron chi connectivity index (χ0n) is 5.71. The maximum absolute atomic E-state index is 10.6. The maximum atomic E-state index is 10.6. The lowest BCUT2D eigenvalue weighted by Gasteiger charge is -1.92. The van der Waals surface area contributed by atoms with Gasteiger partial charge in [-0.25, -0.2) is 4.79 Å². The molecule has 0 aliphatic heterocycles. The van der Waals surface area contributed by atoms with Crippen LogP contribution in [-0.4, -0.2) is 12.6 Å². The first-order valence-electron chi connectivity index (χ1n) is 2.91. The Morgan fingerprint density at radius 1 is 1.60 bits per heavy atom. The van der Waals surface area contributed by atoms with Crippen LogP contribution in [0.2, 0.25) is 0 Å². The standard InChI is InChI=1S/C7H9BrO2/c1-2-10-7(9)5-3-4-6-8/h3-6H,2H2,1H3. The first-order valence-corrected chi connectivity index (χ1v) is 3.83. The predicted molar refractivity (Wildman–Crippen MR) is 43.8 cm³/mol. The highest BCUT2D eigenvalue weighted by Crippen LogP contribution is 1.85. The van der Waals surface area contributed by atoms with Gasteiger partial charge in [-0.05, 0) is 11.9 Å². The molecule has 0 rings (SSSR count). The van der Waals surface area contributed by atoms with E-state index in [0.29, 0.717) is 6.61 Å². The van der Waals surface area contributed by atoms with Crippen molar-refractivity contribution >= 4 is 21.9 Å². The molecule has 0 radical (unpaired) electrons. The highest BCUT2D eigenvalue weighted by atomic mass is 79.9. The molecular formula is C7H9BrO2. The number of ether oxygens (including phenoxy) is 1. The van der Waals surface area contributed by atoms with Crippen LogP contribution in [0.15, 0.2) is 23.2 Å². The van der Waals surface area contributed by atoms with Gasteiger partial charge in [0.1, 0.15) is 0 Å². The molecule has 56 valence electrons. The first-order chi connectivity index (χ1) is 4.81. The van der Waals surface area contributed by atoms with Crippen molar-refractivity contribution in [3.8, 4) is 0 Å². The van der Waals surface area contributed by atoms with Crippen LogP contribution >= 0.6 is 15.9 Å². The van der Waals surface area contributed by atoms with E-state index in [9.17, 15) is 4.79 Å². The summed E-state index contributed by atoms with van der Waals surface area (Å²) in [5, 5.41) is 0. The van der Waals surface area contributed by atoms with E-state index < -0.39 is 0 Å². The molecule has 0 aliphatic carbocycles. The Morgan fingerprint density at radius 2 is 2.30 bits per heavy atom. The third-order valence-electron chi connectivity index (χ3n) is 0.703. The van der Waals surface area contributed by atoms with Crippen LogP contribution in [0.5, 0.6) is 0 Å². The summed E-state index contributed by atoms with van der Waals surface area (Å²) in [4.78, 5) is 12.2. The lowest BCUT2D eigenvalue weighted by Crippen LogP contribution is -1.98. The van der Waals surface area contributed by atoms with Gasteiger partial charge in [0.15, 0.2) is 0 Å². The quantitative estimate of drug-likeness (QED) is 0.400. The molecule has 0 saturated heterocycles. The maximum Gasteiger partial charge on any atom is 0.330 e. The molecule has 0 aromatic heterocycles. The number of carbonyl (C=O) groups excluding carboxylic acids is 1. The van der Waals surface area contributed by atoms with Crippen LogP contribution in [0.4, 0.5) is 0 Å². The molecule has 0 unspecified atom stereocenters. The Labute approximate surface area is 68.7 Å². The molecule has 0 saturated carbocycles. The zero-order valence-corrected chi connectivity index (χ0v) is 7.30. The molecule has 10 heavy (non-hydrogen) atoms. The molecule has 0 aromatic carbocycles. The van der Waals surface area contributed by atoms with Crippen molar-refractivity contribution in [2.24, 2.45) is 0 Å². The van der Waals surface area contributed by atoms with E-state index in [1.54, 1.807) is 24.1 Å². The highest BCUT2D eigenvalue weighted by Gasteiger charge is 1.89. The summed E-state index contributed by atoms with van der Waals surface area (Å²) in [7, 11) is 0. The van der Waals surface area contributed by atoms with E-state index in [2.05, 4.69) is 20.7 Å². The van der Waals surface area contributed by atoms with Crippen LogP contribution < -0.4 is 0 Å². The minimum atomic E-state index is -0.312. The summed E-state index contributed by atoms with van der Waals surface area (Å²) in [6.07, 6.45) is 4.66. The average Bonchev–Trinajstić information content (AvgIpc) is 1.89. The molecule has 0 atom stereocenters. The summed E-state index contributed by atoms with van der Waals surface area (Å²) in [5.41, 5.74) is 0. The van der Waals surface area contributed by atoms with Gasteiger partial charge in [0.25, 0.3) is 0 Å². The summed E-state index contributed by atoms with van der Waals surface area (Å²) in [5.74, 6) is -0.312. The van der Waals surface area contributed by atoms with Crippen LogP contribution in [-0.2, 0) is 9.53 Å². The molecule has 0 fully saturated rings. The number of carbonyl (C=O) groups is 1. The normalized spacial score (nSPS) is 11.0.